The van der Waals surface area contributed by atoms with Crippen LogP contribution in [0.4, 0.5) is 0 Å². The van der Waals surface area contributed by atoms with Gasteiger partial charge in [0.25, 0.3) is 0 Å². The molecule has 1 amide bonds. The fourth-order valence-corrected chi connectivity index (χ4v) is 2.14. The van der Waals surface area contributed by atoms with Gasteiger partial charge in [0.15, 0.2) is 0 Å². The molecule has 3 N–H and O–H groups in total. The average Bonchev–Trinajstić information content (AvgIpc) is 2.28. The van der Waals surface area contributed by atoms with Gasteiger partial charge in [-0.3, -0.25) is 9.59 Å². The van der Waals surface area contributed by atoms with Gasteiger partial charge >= 0.3 is 5.97 Å². The molecule has 0 aromatic carbocycles. The lowest BCUT2D eigenvalue weighted by molar-refractivity contribution is -0.138. The van der Waals surface area contributed by atoms with Crippen molar-refractivity contribution < 1.29 is 14.7 Å². The molecule has 1 fully saturated rings. The lowest BCUT2D eigenvalue weighted by Gasteiger charge is -2.32. The van der Waals surface area contributed by atoms with Crippen LogP contribution in [0.1, 0.15) is 32.6 Å². The summed E-state index contributed by atoms with van der Waals surface area (Å²) in [5.74, 6) is -0.147. The van der Waals surface area contributed by atoms with Crippen molar-refractivity contribution in [3.8, 4) is 0 Å². The number of carbonyl (C=O) groups is 2. The summed E-state index contributed by atoms with van der Waals surface area (Å²) in [5, 5.41) is 8.70. The highest BCUT2D eigenvalue weighted by molar-refractivity contribution is 5.76. The molecule has 0 bridgehead atoms. The van der Waals surface area contributed by atoms with Crippen LogP contribution >= 0.6 is 0 Å². The van der Waals surface area contributed by atoms with Crippen LogP contribution in [0, 0.1) is 11.8 Å². The normalized spacial score (nSPS) is 19.1. The molecule has 1 aliphatic rings. The largest absolute Gasteiger partial charge is 0.481 e. The quantitative estimate of drug-likeness (QED) is 0.742. The predicted molar refractivity (Wildman–Crippen MR) is 64.4 cm³/mol. The monoisotopic (exact) mass is 242 g/mol. The first kappa shape index (κ1) is 14.0. The molecule has 0 saturated carbocycles. The number of carboxylic acid groups (broad SMARTS) is 1. The smallest absolute Gasteiger partial charge is 0.303 e. The van der Waals surface area contributed by atoms with Gasteiger partial charge in [0.05, 0.1) is 0 Å². The number of nitrogens with two attached hydrogens (primary N) is 1. The molecule has 0 aromatic rings. The zero-order chi connectivity index (χ0) is 12.8. The van der Waals surface area contributed by atoms with Crippen molar-refractivity contribution >= 4 is 11.9 Å². The average molecular weight is 242 g/mol. The van der Waals surface area contributed by atoms with Crippen molar-refractivity contribution in [3.63, 3.8) is 0 Å². The highest BCUT2D eigenvalue weighted by atomic mass is 16.4. The third-order valence-corrected chi connectivity index (χ3v) is 3.36. The molecule has 1 unspecified atom stereocenters. The van der Waals surface area contributed by atoms with Crippen molar-refractivity contribution in [2.75, 3.05) is 19.6 Å². The summed E-state index contributed by atoms with van der Waals surface area (Å²) < 4.78 is 0. The van der Waals surface area contributed by atoms with Crippen molar-refractivity contribution in [1.29, 1.82) is 0 Å². The van der Waals surface area contributed by atoms with E-state index < -0.39 is 5.97 Å². The minimum atomic E-state index is -0.744. The third kappa shape index (κ3) is 4.73. The van der Waals surface area contributed by atoms with Crippen LogP contribution in [-0.4, -0.2) is 41.5 Å². The lowest BCUT2D eigenvalue weighted by atomic mass is 9.93. The van der Waals surface area contributed by atoms with Gasteiger partial charge in [0.1, 0.15) is 0 Å². The molecule has 0 aliphatic carbocycles. The maximum Gasteiger partial charge on any atom is 0.303 e. The maximum atomic E-state index is 11.9. The second kappa shape index (κ2) is 6.59. The van der Waals surface area contributed by atoms with Gasteiger partial charge in [-0.1, -0.05) is 6.92 Å². The highest BCUT2D eigenvalue weighted by Gasteiger charge is 2.24. The van der Waals surface area contributed by atoms with E-state index in [1.807, 2.05) is 11.8 Å². The fourth-order valence-electron chi connectivity index (χ4n) is 2.14. The van der Waals surface area contributed by atoms with Crippen LogP contribution in [0.2, 0.25) is 0 Å². The highest BCUT2D eigenvalue weighted by Crippen LogP contribution is 2.21. The molecule has 0 aromatic heterocycles. The number of piperidine rings is 1. The Labute approximate surface area is 102 Å². The van der Waals surface area contributed by atoms with Gasteiger partial charge in [-0.2, -0.15) is 0 Å². The Morgan fingerprint density at radius 3 is 2.47 bits per heavy atom. The number of hydrogen-bond donors (Lipinski definition) is 2. The number of amides is 1. The molecule has 5 nitrogen and oxygen atoms in total. The first-order valence-electron chi connectivity index (χ1n) is 6.22. The molecule has 0 spiro atoms. The van der Waals surface area contributed by atoms with E-state index in [2.05, 4.69) is 0 Å². The van der Waals surface area contributed by atoms with Crippen molar-refractivity contribution in [3.05, 3.63) is 0 Å². The van der Waals surface area contributed by atoms with Gasteiger partial charge in [-0.15, -0.1) is 0 Å². The Kier molecular flexibility index (Phi) is 5.41. The second-order valence-electron chi connectivity index (χ2n) is 4.97. The Hall–Kier alpha value is -1.10. The molecule has 1 heterocycles. The maximum absolute atomic E-state index is 11.9. The van der Waals surface area contributed by atoms with Gasteiger partial charge in [0.2, 0.25) is 5.91 Å². The van der Waals surface area contributed by atoms with Gasteiger partial charge in [-0.05, 0) is 31.2 Å². The van der Waals surface area contributed by atoms with E-state index in [-0.39, 0.29) is 24.2 Å². The van der Waals surface area contributed by atoms with Crippen LogP contribution in [0.5, 0.6) is 0 Å². The van der Waals surface area contributed by atoms with Crippen LogP contribution in [0.15, 0.2) is 0 Å². The van der Waals surface area contributed by atoms with Gasteiger partial charge in [-0.25, -0.2) is 0 Å². The van der Waals surface area contributed by atoms with E-state index in [9.17, 15) is 9.59 Å². The minimum Gasteiger partial charge on any atom is -0.481 e. The Morgan fingerprint density at radius 1 is 1.41 bits per heavy atom. The molecule has 1 saturated heterocycles. The summed E-state index contributed by atoms with van der Waals surface area (Å²) in [6, 6.07) is 0. The molecule has 5 heteroatoms. The Bertz CT molecular complexity index is 273. The fraction of sp³-hybridized carbons (Fsp3) is 0.833. The summed E-state index contributed by atoms with van der Waals surface area (Å²) in [7, 11) is 0. The summed E-state index contributed by atoms with van der Waals surface area (Å²) >= 11 is 0. The summed E-state index contributed by atoms with van der Waals surface area (Å²) in [6.45, 7) is 3.87. The first-order valence-corrected chi connectivity index (χ1v) is 6.22. The molecule has 1 aliphatic heterocycles. The minimum absolute atomic E-state index is 0.150. The van der Waals surface area contributed by atoms with Crippen LogP contribution in [0.25, 0.3) is 0 Å². The molecular formula is C12H22N2O3. The SMILES string of the molecule is CC(CN)CC(=O)N1CCC(CC(=O)O)CC1. The summed E-state index contributed by atoms with van der Waals surface area (Å²) in [6.07, 6.45) is 2.32. The lowest BCUT2D eigenvalue weighted by Crippen LogP contribution is -2.39. The molecule has 0 radical (unpaired) electrons. The molecular weight excluding hydrogens is 220 g/mol. The van der Waals surface area contributed by atoms with Crippen molar-refractivity contribution in [2.45, 2.75) is 32.6 Å². The van der Waals surface area contributed by atoms with E-state index in [1.165, 1.54) is 0 Å². The number of carbonyl (C=O) groups excluding carboxylic acids is 1. The molecule has 1 atom stereocenters. The first-order chi connectivity index (χ1) is 8.02. The Morgan fingerprint density at radius 2 is 2.00 bits per heavy atom. The summed E-state index contributed by atoms with van der Waals surface area (Å²) in [4.78, 5) is 24.3. The van der Waals surface area contributed by atoms with Crippen LogP contribution < -0.4 is 5.73 Å². The van der Waals surface area contributed by atoms with E-state index in [1.54, 1.807) is 0 Å². The standard InChI is InChI=1S/C12H22N2O3/c1-9(8-13)6-11(15)14-4-2-10(3-5-14)7-12(16)17/h9-10H,2-8,13H2,1H3,(H,16,17). The number of likely N-dealkylation sites (tertiary alicyclic amines) is 1. The Balaban J connectivity index is 2.31. The number of aliphatic carboxylic acids is 1. The van der Waals surface area contributed by atoms with Gasteiger partial charge in [0, 0.05) is 25.9 Å². The van der Waals surface area contributed by atoms with Crippen LogP contribution in [0.3, 0.4) is 0 Å². The van der Waals surface area contributed by atoms with E-state index in [0.717, 1.165) is 12.8 Å². The summed E-state index contributed by atoms with van der Waals surface area (Å²) in [5.41, 5.74) is 5.49. The predicted octanol–water partition coefficient (Wildman–Crippen LogP) is 0.685. The van der Waals surface area contributed by atoms with Gasteiger partial charge < -0.3 is 15.7 Å². The zero-order valence-electron chi connectivity index (χ0n) is 10.4. The number of carboxylic acids is 1. The number of rotatable bonds is 5. The number of nitrogens with zero attached hydrogens (tertiary/aromatic N) is 1. The third-order valence-electron chi connectivity index (χ3n) is 3.36. The topological polar surface area (TPSA) is 83.6 Å². The van der Waals surface area contributed by atoms with E-state index in [0.29, 0.717) is 26.1 Å². The van der Waals surface area contributed by atoms with Crippen molar-refractivity contribution in [1.82, 2.24) is 4.90 Å². The number of hydrogen-bond acceptors (Lipinski definition) is 3. The van der Waals surface area contributed by atoms with E-state index >= 15 is 0 Å². The zero-order valence-corrected chi connectivity index (χ0v) is 10.4. The second-order valence-corrected chi connectivity index (χ2v) is 4.97. The molecule has 1 rings (SSSR count). The van der Waals surface area contributed by atoms with E-state index in [4.69, 9.17) is 10.8 Å². The molecule has 17 heavy (non-hydrogen) atoms. The van der Waals surface area contributed by atoms with Crippen molar-refractivity contribution in [2.24, 2.45) is 17.6 Å². The molecule has 98 valence electrons. The van der Waals surface area contributed by atoms with Crippen LogP contribution in [-0.2, 0) is 9.59 Å².